The molecule has 8 heteroatoms. The van der Waals surface area contributed by atoms with Crippen molar-refractivity contribution in [2.24, 2.45) is 0 Å². The van der Waals surface area contributed by atoms with Gasteiger partial charge in [0.25, 0.3) is 5.91 Å². The first-order valence-electron chi connectivity index (χ1n) is 11.1. The Labute approximate surface area is 188 Å². The van der Waals surface area contributed by atoms with Gasteiger partial charge in [-0.05, 0) is 50.5 Å². The molecule has 0 aliphatic carbocycles. The number of nitrogens with zero attached hydrogens (tertiary/aromatic N) is 4. The van der Waals surface area contributed by atoms with Crippen LogP contribution in [-0.2, 0) is 17.7 Å². The molecule has 1 aliphatic heterocycles. The topological polar surface area (TPSA) is 82.9 Å². The van der Waals surface area contributed by atoms with Gasteiger partial charge in [-0.25, -0.2) is 9.78 Å². The number of pyridine rings is 1. The normalized spacial score (nSPS) is 14.8. The van der Waals surface area contributed by atoms with E-state index in [9.17, 15) is 9.59 Å². The average molecular weight is 438 g/mol. The van der Waals surface area contributed by atoms with Crippen LogP contribution < -0.4 is 0 Å². The molecule has 4 rings (SSSR count). The highest BCUT2D eigenvalue weighted by atomic mass is 16.5. The van der Waals surface area contributed by atoms with Crippen LogP contribution in [0.1, 0.15) is 56.0 Å². The molecule has 0 bridgehead atoms. The van der Waals surface area contributed by atoms with Crippen LogP contribution in [0.4, 0.5) is 0 Å². The maximum atomic E-state index is 13.2. The van der Waals surface area contributed by atoms with Crippen LogP contribution in [0.3, 0.4) is 0 Å². The lowest BCUT2D eigenvalue weighted by Crippen LogP contribution is -2.48. The fraction of sp³-hybridized carbons (Fsp3) is 0.458. The van der Waals surface area contributed by atoms with Crippen LogP contribution in [0.2, 0.25) is 0 Å². The lowest BCUT2D eigenvalue weighted by Gasteiger charge is -2.34. The highest BCUT2D eigenvalue weighted by Crippen LogP contribution is 2.23. The first-order valence-corrected chi connectivity index (χ1v) is 11.1. The molecule has 0 atom stereocenters. The predicted octanol–water partition coefficient (Wildman–Crippen LogP) is 2.89. The lowest BCUT2D eigenvalue weighted by atomic mass is 10.1. The summed E-state index contributed by atoms with van der Waals surface area (Å²) in [4.78, 5) is 37.5. The summed E-state index contributed by atoms with van der Waals surface area (Å²) in [5, 5.41) is 0. The zero-order valence-corrected chi connectivity index (χ0v) is 19.5. The smallest absolute Gasteiger partial charge is 0.339 e. The Morgan fingerprint density at radius 1 is 1.16 bits per heavy atom. The number of aryl methyl sites for hydroxylation is 3. The van der Waals surface area contributed by atoms with Crippen molar-refractivity contribution in [3.63, 3.8) is 0 Å². The number of aromatic nitrogens is 3. The summed E-state index contributed by atoms with van der Waals surface area (Å²) in [6, 6.07) is 4.19. The minimum Gasteiger partial charge on any atom is -0.465 e. The van der Waals surface area contributed by atoms with E-state index in [0.29, 0.717) is 36.3 Å². The molecule has 1 saturated heterocycles. The van der Waals surface area contributed by atoms with E-state index in [4.69, 9.17) is 9.72 Å². The molecule has 0 radical (unpaired) electrons. The molecule has 8 nitrogen and oxygen atoms in total. The van der Waals surface area contributed by atoms with Gasteiger partial charge in [0.2, 0.25) is 0 Å². The fourth-order valence-electron chi connectivity index (χ4n) is 4.50. The summed E-state index contributed by atoms with van der Waals surface area (Å²) in [7, 11) is 1.36. The van der Waals surface area contributed by atoms with E-state index >= 15 is 0 Å². The van der Waals surface area contributed by atoms with Gasteiger partial charge in [0, 0.05) is 44.6 Å². The van der Waals surface area contributed by atoms with Crippen molar-refractivity contribution in [3.05, 3.63) is 57.8 Å². The SMILES string of the molecule is CCc1[nH]c(C(=O)N2CCN(Cc3c(C)nc4cc(C)ccn34)CC2)c(C)c1C(=O)OC. The van der Waals surface area contributed by atoms with Gasteiger partial charge in [0.1, 0.15) is 11.3 Å². The zero-order valence-electron chi connectivity index (χ0n) is 19.5. The molecule has 4 heterocycles. The van der Waals surface area contributed by atoms with Crippen LogP contribution >= 0.6 is 0 Å². The molecule has 3 aromatic rings. The number of nitrogens with one attached hydrogen (secondary N) is 1. The van der Waals surface area contributed by atoms with Crippen molar-refractivity contribution in [3.8, 4) is 0 Å². The van der Waals surface area contributed by atoms with Crippen molar-refractivity contribution in [2.75, 3.05) is 33.3 Å². The molecule has 0 unspecified atom stereocenters. The summed E-state index contributed by atoms with van der Waals surface area (Å²) >= 11 is 0. The number of amides is 1. The second kappa shape index (κ2) is 8.78. The minimum absolute atomic E-state index is 0.0616. The number of H-pyrrole nitrogens is 1. The summed E-state index contributed by atoms with van der Waals surface area (Å²) in [5.74, 6) is -0.466. The number of piperazine rings is 1. The van der Waals surface area contributed by atoms with Crippen molar-refractivity contribution in [1.82, 2.24) is 24.2 Å². The second-order valence-electron chi connectivity index (χ2n) is 8.47. The summed E-state index contributed by atoms with van der Waals surface area (Å²) in [6.45, 7) is 11.5. The van der Waals surface area contributed by atoms with Crippen LogP contribution in [0.25, 0.3) is 5.65 Å². The zero-order chi connectivity index (χ0) is 23.0. The van der Waals surface area contributed by atoms with Gasteiger partial charge in [-0.2, -0.15) is 0 Å². The van der Waals surface area contributed by atoms with E-state index < -0.39 is 5.97 Å². The molecule has 1 aliphatic rings. The maximum Gasteiger partial charge on any atom is 0.339 e. The number of rotatable bonds is 5. The Balaban J connectivity index is 1.46. The Bertz CT molecular complexity index is 1170. The van der Waals surface area contributed by atoms with Gasteiger partial charge >= 0.3 is 5.97 Å². The number of imidazole rings is 1. The van der Waals surface area contributed by atoms with Crippen molar-refractivity contribution >= 4 is 17.5 Å². The summed E-state index contributed by atoms with van der Waals surface area (Å²) in [5.41, 5.74) is 6.78. The number of carbonyl (C=O) groups is 2. The van der Waals surface area contributed by atoms with Crippen LogP contribution in [0.5, 0.6) is 0 Å². The number of esters is 1. The predicted molar refractivity (Wildman–Crippen MR) is 122 cm³/mol. The number of ether oxygens (including phenoxy) is 1. The number of methoxy groups -OCH3 is 1. The summed E-state index contributed by atoms with van der Waals surface area (Å²) in [6.07, 6.45) is 2.71. The number of hydrogen-bond donors (Lipinski definition) is 1. The Kier molecular flexibility index (Phi) is 6.06. The molecule has 3 aromatic heterocycles. The number of hydrogen-bond acceptors (Lipinski definition) is 5. The van der Waals surface area contributed by atoms with E-state index in [-0.39, 0.29) is 5.91 Å². The number of fused-ring (bicyclic) bond motifs is 1. The van der Waals surface area contributed by atoms with E-state index in [1.165, 1.54) is 18.4 Å². The van der Waals surface area contributed by atoms with E-state index in [2.05, 4.69) is 46.5 Å². The second-order valence-corrected chi connectivity index (χ2v) is 8.47. The third-order valence-corrected chi connectivity index (χ3v) is 6.40. The Hall–Kier alpha value is -3.13. The summed E-state index contributed by atoms with van der Waals surface area (Å²) < 4.78 is 7.07. The van der Waals surface area contributed by atoms with Crippen LogP contribution in [-0.4, -0.2) is 69.3 Å². The molecule has 32 heavy (non-hydrogen) atoms. The molecular weight excluding hydrogens is 406 g/mol. The lowest BCUT2D eigenvalue weighted by molar-refractivity contribution is 0.0599. The van der Waals surface area contributed by atoms with Crippen LogP contribution in [0, 0.1) is 20.8 Å². The Morgan fingerprint density at radius 3 is 2.53 bits per heavy atom. The van der Waals surface area contributed by atoms with Crippen molar-refractivity contribution < 1.29 is 14.3 Å². The molecular formula is C24H31N5O3. The average Bonchev–Trinajstić information content (AvgIpc) is 3.28. The monoisotopic (exact) mass is 437 g/mol. The van der Waals surface area contributed by atoms with E-state index in [1.54, 1.807) is 6.92 Å². The van der Waals surface area contributed by atoms with Gasteiger partial charge in [0.05, 0.1) is 24.1 Å². The Morgan fingerprint density at radius 2 is 1.88 bits per heavy atom. The third kappa shape index (κ3) is 3.90. The van der Waals surface area contributed by atoms with E-state index in [1.807, 2.05) is 11.8 Å². The molecule has 0 saturated carbocycles. The fourth-order valence-corrected chi connectivity index (χ4v) is 4.50. The first-order chi connectivity index (χ1) is 15.3. The molecule has 1 amide bonds. The highest BCUT2D eigenvalue weighted by Gasteiger charge is 2.29. The van der Waals surface area contributed by atoms with Gasteiger partial charge in [0.15, 0.2) is 0 Å². The van der Waals surface area contributed by atoms with Gasteiger partial charge in [-0.15, -0.1) is 0 Å². The van der Waals surface area contributed by atoms with Gasteiger partial charge in [-0.1, -0.05) is 6.92 Å². The molecule has 1 fully saturated rings. The van der Waals surface area contributed by atoms with Crippen molar-refractivity contribution in [2.45, 2.75) is 40.7 Å². The largest absolute Gasteiger partial charge is 0.465 e. The van der Waals surface area contributed by atoms with E-state index in [0.717, 1.165) is 36.7 Å². The highest BCUT2D eigenvalue weighted by molar-refractivity contribution is 6.00. The number of carbonyl (C=O) groups excluding carboxylic acids is 2. The molecule has 0 aromatic carbocycles. The van der Waals surface area contributed by atoms with Gasteiger partial charge in [-0.3, -0.25) is 9.69 Å². The third-order valence-electron chi connectivity index (χ3n) is 6.40. The first kappa shape index (κ1) is 22.1. The van der Waals surface area contributed by atoms with Gasteiger partial charge < -0.3 is 19.0 Å². The van der Waals surface area contributed by atoms with Crippen molar-refractivity contribution in [1.29, 1.82) is 0 Å². The molecule has 170 valence electrons. The number of aromatic amines is 1. The molecule has 0 spiro atoms. The standard InChI is InChI=1S/C24H31N5O3/c1-6-18-21(24(31)32-5)16(3)22(26-18)23(30)28-11-9-27(10-12-28)14-19-17(4)25-20-13-15(2)7-8-29(19)20/h7-8,13,26H,6,9-12,14H2,1-5H3. The minimum atomic E-state index is -0.405. The maximum absolute atomic E-state index is 13.2. The van der Waals surface area contributed by atoms with Crippen LogP contribution in [0.15, 0.2) is 18.3 Å². The quantitative estimate of drug-likeness (QED) is 0.621. The molecule has 1 N–H and O–H groups in total.